The van der Waals surface area contributed by atoms with Crippen molar-refractivity contribution in [2.24, 2.45) is 11.8 Å². The molecule has 0 bridgehead atoms. The zero-order valence-corrected chi connectivity index (χ0v) is 36.2. The molecule has 0 unspecified atom stereocenters. The summed E-state index contributed by atoms with van der Waals surface area (Å²) in [6.07, 6.45) is 0.477. The largest absolute Gasteiger partial charge is 0.507 e. The number of amides is 3. The molecular formula is C47H49N9O6S. The Morgan fingerprint density at radius 2 is 1.71 bits per heavy atom. The van der Waals surface area contributed by atoms with Crippen molar-refractivity contribution in [2.45, 2.75) is 71.1 Å². The molecule has 2 fully saturated rings. The summed E-state index contributed by atoms with van der Waals surface area (Å²) >= 11 is 1.58. The second-order valence-electron chi connectivity index (χ2n) is 17.0. The molecule has 2 aliphatic heterocycles. The summed E-state index contributed by atoms with van der Waals surface area (Å²) in [5, 5.41) is 42.0. The number of rotatable bonds is 11. The summed E-state index contributed by atoms with van der Waals surface area (Å²) in [5.41, 5.74) is 8.02. The van der Waals surface area contributed by atoms with E-state index in [0.717, 1.165) is 38.0 Å². The Morgan fingerprint density at radius 3 is 2.44 bits per heavy atom. The Labute approximate surface area is 367 Å². The van der Waals surface area contributed by atoms with Crippen molar-refractivity contribution in [3.05, 3.63) is 101 Å². The highest BCUT2D eigenvalue weighted by molar-refractivity contribution is 7.13. The summed E-state index contributed by atoms with van der Waals surface area (Å²) < 4.78 is 5.85. The van der Waals surface area contributed by atoms with Crippen LogP contribution in [0.5, 0.6) is 5.75 Å². The molecule has 6 heterocycles. The number of hydrogen-bond acceptors (Lipinski definition) is 12. The van der Waals surface area contributed by atoms with Gasteiger partial charge in [-0.1, -0.05) is 55.4 Å². The number of β-amino-alcohol motifs (C(OH)–C–C–N with tert-alkyl or cyclic N) is 1. The number of hydrogen-bond donors (Lipinski definition) is 5. The molecule has 3 aromatic carbocycles. The summed E-state index contributed by atoms with van der Waals surface area (Å²) in [5.74, 6) is -0.753. The number of anilines is 2. The highest BCUT2D eigenvalue weighted by Gasteiger charge is 2.44. The van der Waals surface area contributed by atoms with Gasteiger partial charge in [0.05, 0.1) is 33.9 Å². The molecule has 2 saturated heterocycles. The molecule has 0 saturated carbocycles. The third-order valence-corrected chi connectivity index (χ3v) is 13.4. The van der Waals surface area contributed by atoms with Gasteiger partial charge in [-0.25, -0.2) is 4.98 Å². The molecule has 0 aliphatic carbocycles. The van der Waals surface area contributed by atoms with Crippen molar-refractivity contribution in [2.75, 3.05) is 29.9 Å². The number of nitrogens with zero attached hydrogens (tertiary/aromatic N) is 6. The maximum absolute atomic E-state index is 14.3. The van der Waals surface area contributed by atoms with Crippen molar-refractivity contribution in [3.8, 4) is 27.4 Å². The molecule has 5 N–H and O–H groups in total. The summed E-state index contributed by atoms with van der Waals surface area (Å²) in [6.45, 7) is 8.90. The SMILES string of the molecule is Cc1ncsc1-c1ccc([C@H](C)NC(=O)[C@@H]2C[C@@H](O)CN2C(=O)[C@@H](c2cc(N3CCC(C(=O)Nc4ccc5[nH]c6nnc(-c7ccccc7O)cc6c5c4)CC3)no2)C(C)C)cc1. The smallest absolute Gasteiger partial charge is 0.243 e. The Balaban J connectivity index is 0.822. The number of benzene rings is 3. The number of aromatic nitrogens is 5. The molecule has 4 atom stereocenters. The monoisotopic (exact) mass is 867 g/mol. The topological polar surface area (TPSA) is 203 Å². The fourth-order valence-corrected chi connectivity index (χ4v) is 9.71. The number of likely N-dealkylation sites (tertiary alicyclic amines) is 1. The minimum Gasteiger partial charge on any atom is -0.507 e. The van der Waals surface area contributed by atoms with Crippen molar-refractivity contribution in [1.82, 2.24) is 35.5 Å². The number of aromatic amines is 1. The van der Waals surface area contributed by atoms with Crippen molar-refractivity contribution < 1.29 is 29.1 Å². The molecule has 0 radical (unpaired) electrons. The third kappa shape index (κ3) is 8.35. The second kappa shape index (κ2) is 17.3. The first kappa shape index (κ1) is 41.7. The quantitative estimate of drug-likeness (QED) is 0.0871. The van der Waals surface area contributed by atoms with Gasteiger partial charge in [-0.05, 0) is 80.1 Å². The maximum Gasteiger partial charge on any atom is 0.243 e. The fraction of sp³-hybridized carbons (Fsp3) is 0.340. The molecule has 9 rings (SSSR count). The number of phenols is 1. The highest BCUT2D eigenvalue weighted by atomic mass is 32.1. The van der Waals surface area contributed by atoms with E-state index in [2.05, 4.69) is 40.9 Å². The lowest BCUT2D eigenvalue weighted by Crippen LogP contribution is -2.48. The van der Waals surface area contributed by atoms with E-state index in [1.165, 1.54) is 4.90 Å². The lowest BCUT2D eigenvalue weighted by molar-refractivity contribution is -0.141. The number of H-pyrrole nitrogens is 1. The van der Waals surface area contributed by atoms with Crippen molar-refractivity contribution in [1.29, 1.82) is 0 Å². The number of aliphatic hydroxyl groups excluding tert-OH is 1. The lowest BCUT2D eigenvalue weighted by Gasteiger charge is -2.31. The van der Waals surface area contributed by atoms with Crippen LogP contribution in [-0.4, -0.2) is 89.9 Å². The summed E-state index contributed by atoms with van der Waals surface area (Å²) in [4.78, 5) is 53.9. The van der Waals surface area contributed by atoms with Crippen LogP contribution in [0.4, 0.5) is 11.5 Å². The van der Waals surface area contributed by atoms with E-state index < -0.39 is 18.1 Å². The van der Waals surface area contributed by atoms with Crippen LogP contribution in [0.2, 0.25) is 0 Å². The zero-order chi connectivity index (χ0) is 43.9. The van der Waals surface area contributed by atoms with Gasteiger partial charge in [0.15, 0.2) is 17.2 Å². The number of fused-ring (bicyclic) bond motifs is 3. The van der Waals surface area contributed by atoms with Gasteiger partial charge in [0.25, 0.3) is 0 Å². The predicted octanol–water partition coefficient (Wildman–Crippen LogP) is 7.34. The zero-order valence-electron chi connectivity index (χ0n) is 35.4. The van der Waals surface area contributed by atoms with E-state index in [-0.39, 0.29) is 54.3 Å². The molecule has 7 aromatic rings. The number of phenolic OH excluding ortho intramolecular Hbond substituents is 1. The lowest BCUT2D eigenvalue weighted by atomic mass is 9.91. The molecule has 15 nitrogen and oxygen atoms in total. The minimum atomic E-state index is -0.843. The number of carbonyl (C=O) groups is 3. The first-order valence-corrected chi connectivity index (χ1v) is 22.2. The Kier molecular flexibility index (Phi) is 11.4. The van der Waals surface area contributed by atoms with Crippen LogP contribution in [0, 0.1) is 18.8 Å². The standard InChI is InChI=1S/C47H49N9O6S/c1-25(2)42(47(61)56-23-32(57)20-38(56)46(60)49-26(3)28-9-11-29(12-10-28)43-27(4)48-24-63-43)40-22-41(54-62-40)55-17-15-30(16-18-55)45(59)50-31-13-14-36-34(19-31)35-21-37(52-53-44(35)51-36)33-7-5-6-8-39(33)58/h5-14,19,21-22,24-26,30,32,38,42,57-58H,15-18,20,23H2,1-4H3,(H,49,60)(H,50,59)(H,51,53)/t26-,32+,38-,42+/m0/s1. The van der Waals surface area contributed by atoms with Crippen LogP contribution in [0.1, 0.15) is 69.0 Å². The van der Waals surface area contributed by atoms with Crippen LogP contribution in [0.3, 0.4) is 0 Å². The van der Waals surface area contributed by atoms with Gasteiger partial charge < -0.3 is 40.2 Å². The van der Waals surface area contributed by atoms with Gasteiger partial charge in [0.1, 0.15) is 17.7 Å². The number of aromatic hydroxyl groups is 1. The second-order valence-corrected chi connectivity index (χ2v) is 17.8. The van der Waals surface area contributed by atoms with Crippen LogP contribution >= 0.6 is 11.3 Å². The predicted molar refractivity (Wildman–Crippen MR) is 241 cm³/mol. The minimum absolute atomic E-state index is 0.0406. The molecule has 4 aromatic heterocycles. The maximum atomic E-state index is 14.3. The average molecular weight is 868 g/mol. The van der Waals surface area contributed by atoms with Gasteiger partial charge in [-0.15, -0.1) is 21.5 Å². The third-order valence-electron chi connectivity index (χ3n) is 12.4. The summed E-state index contributed by atoms with van der Waals surface area (Å²) in [7, 11) is 0. The number of piperidine rings is 1. The van der Waals surface area contributed by atoms with E-state index in [4.69, 9.17) is 4.52 Å². The summed E-state index contributed by atoms with van der Waals surface area (Å²) in [6, 6.07) is 23.2. The molecule has 63 heavy (non-hydrogen) atoms. The number of aryl methyl sites for hydroxylation is 1. The van der Waals surface area contributed by atoms with Crippen molar-refractivity contribution >= 4 is 62.5 Å². The van der Waals surface area contributed by atoms with Crippen LogP contribution in [0.25, 0.3) is 43.6 Å². The first-order valence-electron chi connectivity index (χ1n) is 21.3. The number of aliphatic hydroxyl groups is 1. The number of carbonyl (C=O) groups excluding carboxylic acids is 3. The van der Waals surface area contributed by atoms with Gasteiger partial charge in [-0.3, -0.25) is 14.4 Å². The molecular weight excluding hydrogens is 819 g/mol. The van der Waals surface area contributed by atoms with Crippen LogP contribution < -0.4 is 15.5 Å². The Hall–Kier alpha value is -6.65. The van der Waals surface area contributed by atoms with Gasteiger partial charge >= 0.3 is 0 Å². The van der Waals surface area contributed by atoms with E-state index in [9.17, 15) is 24.6 Å². The van der Waals surface area contributed by atoms with Crippen molar-refractivity contribution in [3.63, 3.8) is 0 Å². The van der Waals surface area contributed by atoms with Gasteiger partial charge in [0.2, 0.25) is 17.7 Å². The van der Waals surface area contributed by atoms with E-state index in [1.807, 2.05) is 87.8 Å². The number of para-hydroxylation sites is 1. The van der Waals surface area contributed by atoms with Gasteiger partial charge in [-0.2, -0.15) is 0 Å². The number of nitrogens with one attached hydrogen (secondary N) is 3. The number of thiazole rings is 1. The molecule has 16 heteroatoms. The van der Waals surface area contributed by atoms with E-state index in [1.54, 1.807) is 35.6 Å². The van der Waals surface area contributed by atoms with E-state index in [0.29, 0.717) is 60.1 Å². The Bertz CT molecular complexity index is 2810. The Morgan fingerprint density at radius 1 is 0.937 bits per heavy atom. The van der Waals surface area contributed by atoms with Crippen LogP contribution in [-0.2, 0) is 14.4 Å². The molecule has 2 aliphatic rings. The fourth-order valence-electron chi connectivity index (χ4n) is 8.90. The first-order chi connectivity index (χ1) is 30.4. The normalized spacial score (nSPS) is 18.0. The van der Waals surface area contributed by atoms with Gasteiger partial charge in [0, 0.05) is 65.6 Å². The van der Waals surface area contributed by atoms with Crippen LogP contribution in [0.15, 0.2) is 88.9 Å². The molecule has 324 valence electrons. The molecule has 0 spiro atoms. The van der Waals surface area contributed by atoms with E-state index >= 15 is 0 Å². The average Bonchev–Trinajstić information content (AvgIpc) is 4.10. The molecule has 3 amide bonds. The highest BCUT2D eigenvalue weighted by Crippen LogP contribution is 2.36.